The monoisotopic (exact) mass is 270 g/mol. The van der Waals surface area contributed by atoms with Gasteiger partial charge in [-0.3, -0.25) is 10.1 Å². The smallest absolute Gasteiger partial charge is 0.313 e. The first-order valence-electron chi connectivity index (χ1n) is 6.04. The number of nitrogens with zero attached hydrogens (tertiary/aromatic N) is 1. The summed E-state index contributed by atoms with van der Waals surface area (Å²) in [5.41, 5.74) is -0.442. The summed E-state index contributed by atoms with van der Waals surface area (Å²) < 4.78 is 18.1. The van der Waals surface area contributed by atoms with E-state index in [2.05, 4.69) is 5.32 Å². The van der Waals surface area contributed by atoms with Crippen molar-refractivity contribution in [3.8, 4) is 5.75 Å². The summed E-state index contributed by atoms with van der Waals surface area (Å²) in [6.45, 7) is 0.297. The Kier molecular flexibility index (Phi) is 4.28. The third-order valence-corrected chi connectivity index (χ3v) is 2.77. The molecule has 0 heterocycles. The van der Waals surface area contributed by atoms with E-state index >= 15 is 0 Å². The Labute approximate surface area is 109 Å². The quantitative estimate of drug-likeness (QED) is 0.575. The van der Waals surface area contributed by atoms with Crippen molar-refractivity contribution in [2.75, 3.05) is 13.2 Å². The van der Waals surface area contributed by atoms with Crippen LogP contribution in [0.4, 0.5) is 10.1 Å². The standard InChI is InChI=1S/C12H15FN2O4/c13-8-1-4-12(11(5-8)15(17)18)19-7-10(16)6-14-9-2-3-9/h1,4-5,9-10,14,16H,2-3,6-7H2. The summed E-state index contributed by atoms with van der Waals surface area (Å²) in [4.78, 5) is 10.0. The number of nitro groups is 1. The molecule has 0 bridgehead atoms. The average Bonchev–Trinajstić information content (AvgIpc) is 3.18. The Morgan fingerprint density at radius 1 is 1.58 bits per heavy atom. The van der Waals surface area contributed by atoms with Gasteiger partial charge in [-0.25, -0.2) is 4.39 Å². The zero-order chi connectivity index (χ0) is 13.8. The predicted molar refractivity (Wildman–Crippen MR) is 65.6 cm³/mol. The van der Waals surface area contributed by atoms with Gasteiger partial charge in [0.05, 0.1) is 11.0 Å². The molecule has 19 heavy (non-hydrogen) atoms. The van der Waals surface area contributed by atoms with Gasteiger partial charge in [-0.15, -0.1) is 0 Å². The maximum Gasteiger partial charge on any atom is 0.313 e. The second kappa shape index (κ2) is 5.94. The van der Waals surface area contributed by atoms with E-state index in [-0.39, 0.29) is 12.4 Å². The lowest BCUT2D eigenvalue weighted by molar-refractivity contribution is -0.386. The minimum atomic E-state index is -0.759. The normalized spacial score (nSPS) is 16.1. The Morgan fingerprint density at radius 3 is 2.95 bits per heavy atom. The van der Waals surface area contributed by atoms with Crippen LogP contribution in [0.1, 0.15) is 12.8 Å². The summed E-state index contributed by atoms with van der Waals surface area (Å²) >= 11 is 0. The molecule has 1 fully saturated rings. The molecule has 1 unspecified atom stereocenters. The van der Waals surface area contributed by atoms with E-state index in [9.17, 15) is 19.6 Å². The van der Waals surface area contributed by atoms with Crippen LogP contribution >= 0.6 is 0 Å². The second-order valence-electron chi connectivity index (χ2n) is 4.52. The van der Waals surface area contributed by atoms with Gasteiger partial charge < -0.3 is 15.2 Å². The van der Waals surface area contributed by atoms with Crippen molar-refractivity contribution in [2.24, 2.45) is 0 Å². The van der Waals surface area contributed by atoms with Crippen molar-refractivity contribution in [2.45, 2.75) is 25.0 Å². The number of ether oxygens (including phenoxy) is 1. The SMILES string of the molecule is O=[N+]([O-])c1cc(F)ccc1OCC(O)CNC1CC1. The molecular weight excluding hydrogens is 255 g/mol. The van der Waals surface area contributed by atoms with Crippen LogP contribution in [0.2, 0.25) is 0 Å². The van der Waals surface area contributed by atoms with Gasteiger partial charge in [0.25, 0.3) is 0 Å². The lowest BCUT2D eigenvalue weighted by Gasteiger charge is -2.13. The van der Waals surface area contributed by atoms with E-state index in [1.807, 2.05) is 0 Å². The van der Waals surface area contributed by atoms with Crippen LogP contribution in [-0.4, -0.2) is 35.3 Å². The second-order valence-corrected chi connectivity index (χ2v) is 4.52. The van der Waals surface area contributed by atoms with E-state index < -0.39 is 22.5 Å². The number of benzene rings is 1. The Balaban J connectivity index is 1.88. The van der Waals surface area contributed by atoms with E-state index in [0.717, 1.165) is 25.0 Å². The fourth-order valence-corrected chi connectivity index (χ4v) is 1.59. The molecule has 2 rings (SSSR count). The van der Waals surface area contributed by atoms with Crippen molar-refractivity contribution in [1.82, 2.24) is 5.32 Å². The van der Waals surface area contributed by atoms with Gasteiger partial charge in [0.2, 0.25) is 0 Å². The Morgan fingerprint density at radius 2 is 2.32 bits per heavy atom. The first-order chi connectivity index (χ1) is 9.06. The summed E-state index contributed by atoms with van der Waals surface area (Å²) in [6, 6.07) is 3.53. The van der Waals surface area contributed by atoms with Crippen molar-refractivity contribution in [3.05, 3.63) is 34.1 Å². The molecule has 1 aromatic carbocycles. The number of hydrogen-bond acceptors (Lipinski definition) is 5. The number of halogens is 1. The third kappa shape index (κ3) is 4.15. The summed E-state index contributed by atoms with van der Waals surface area (Å²) in [6.07, 6.45) is 1.46. The molecule has 1 saturated carbocycles. The van der Waals surface area contributed by atoms with Crippen LogP contribution in [0.25, 0.3) is 0 Å². The number of aliphatic hydroxyl groups excluding tert-OH is 1. The van der Waals surface area contributed by atoms with Gasteiger partial charge in [-0.05, 0) is 25.0 Å². The minimum Gasteiger partial charge on any atom is -0.484 e. The topological polar surface area (TPSA) is 84.6 Å². The maximum absolute atomic E-state index is 12.9. The van der Waals surface area contributed by atoms with Crippen LogP contribution in [0.3, 0.4) is 0 Å². The molecule has 1 aliphatic carbocycles. The van der Waals surface area contributed by atoms with Crippen LogP contribution in [-0.2, 0) is 0 Å². The molecule has 0 saturated heterocycles. The Hall–Kier alpha value is -1.73. The lowest BCUT2D eigenvalue weighted by atomic mass is 10.3. The maximum atomic E-state index is 12.9. The number of nitro benzene ring substituents is 1. The minimum absolute atomic E-state index is 0.0446. The number of aliphatic hydroxyl groups is 1. The molecule has 0 spiro atoms. The predicted octanol–water partition coefficient (Wildman–Crippen LogP) is 1.23. The van der Waals surface area contributed by atoms with Gasteiger partial charge in [0, 0.05) is 12.6 Å². The Bertz CT molecular complexity index is 465. The molecule has 7 heteroatoms. The molecule has 1 atom stereocenters. The number of nitrogens with one attached hydrogen (secondary N) is 1. The molecule has 0 aliphatic heterocycles. The van der Waals surface area contributed by atoms with Gasteiger partial charge in [0.15, 0.2) is 5.75 Å². The lowest BCUT2D eigenvalue weighted by Crippen LogP contribution is -2.32. The van der Waals surface area contributed by atoms with Crippen LogP contribution in [0.5, 0.6) is 5.75 Å². The number of hydrogen-bond donors (Lipinski definition) is 2. The summed E-state index contributed by atoms with van der Waals surface area (Å²) in [5.74, 6) is -0.744. The first-order valence-corrected chi connectivity index (χ1v) is 6.04. The zero-order valence-electron chi connectivity index (χ0n) is 10.2. The molecule has 1 aliphatic rings. The highest BCUT2D eigenvalue weighted by molar-refractivity contribution is 5.46. The van der Waals surface area contributed by atoms with E-state index in [1.54, 1.807) is 0 Å². The van der Waals surface area contributed by atoms with Crippen LogP contribution < -0.4 is 10.1 Å². The van der Waals surface area contributed by atoms with Crippen molar-refractivity contribution < 1.29 is 19.2 Å². The average molecular weight is 270 g/mol. The van der Waals surface area contributed by atoms with Gasteiger partial charge in [-0.1, -0.05) is 0 Å². The highest BCUT2D eigenvalue weighted by atomic mass is 19.1. The zero-order valence-corrected chi connectivity index (χ0v) is 10.2. The van der Waals surface area contributed by atoms with Gasteiger partial charge in [-0.2, -0.15) is 0 Å². The molecule has 6 nitrogen and oxygen atoms in total. The third-order valence-electron chi connectivity index (χ3n) is 2.77. The molecule has 104 valence electrons. The van der Waals surface area contributed by atoms with E-state index in [0.29, 0.717) is 12.6 Å². The molecule has 1 aromatic rings. The van der Waals surface area contributed by atoms with E-state index in [1.165, 1.54) is 6.07 Å². The summed E-state index contributed by atoms with van der Waals surface area (Å²) in [5, 5.41) is 23.5. The van der Waals surface area contributed by atoms with Gasteiger partial charge in [0.1, 0.15) is 18.5 Å². The largest absolute Gasteiger partial charge is 0.484 e. The summed E-state index contributed by atoms with van der Waals surface area (Å²) in [7, 11) is 0. The van der Waals surface area contributed by atoms with Crippen molar-refractivity contribution in [3.63, 3.8) is 0 Å². The fourth-order valence-electron chi connectivity index (χ4n) is 1.59. The molecule has 2 N–H and O–H groups in total. The highest BCUT2D eigenvalue weighted by Gasteiger charge is 2.22. The first kappa shape index (κ1) is 13.7. The number of rotatable bonds is 7. The van der Waals surface area contributed by atoms with Gasteiger partial charge >= 0.3 is 5.69 Å². The highest BCUT2D eigenvalue weighted by Crippen LogP contribution is 2.27. The molecule has 0 amide bonds. The van der Waals surface area contributed by atoms with Crippen LogP contribution in [0.15, 0.2) is 18.2 Å². The molecule has 0 aromatic heterocycles. The van der Waals surface area contributed by atoms with E-state index in [4.69, 9.17) is 4.74 Å². The fraction of sp³-hybridized carbons (Fsp3) is 0.500. The van der Waals surface area contributed by atoms with Crippen LogP contribution in [0, 0.1) is 15.9 Å². The van der Waals surface area contributed by atoms with Crippen molar-refractivity contribution in [1.29, 1.82) is 0 Å². The molecular formula is C12H15FN2O4. The molecule has 0 radical (unpaired) electrons. The van der Waals surface area contributed by atoms with Crippen molar-refractivity contribution >= 4 is 5.69 Å².